The van der Waals surface area contributed by atoms with E-state index in [1.165, 1.54) is 6.07 Å². The molecule has 0 saturated heterocycles. The Kier molecular flexibility index (Phi) is 6.14. The molecule has 0 saturated carbocycles. The van der Waals surface area contributed by atoms with Crippen molar-refractivity contribution >= 4 is 11.6 Å². The van der Waals surface area contributed by atoms with Crippen molar-refractivity contribution in [1.29, 1.82) is 0 Å². The molecule has 4 nitrogen and oxygen atoms in total. The van der Waals surface area contributed by atoms with Gasteiger partial charge >= 0.3 is 0 Å². The van der Waals surface area contributed by atoms with Crippen LogP contribution in [0.25, 0.3) is 0 Å². The van der Waals surface area contributed by atoms with Crippen LogP contribution in [0.3, 0.4) is 0 Å². The number of amides is 1. The van der Waals surface area contributed by atoms with Gasteiger partial charge in [0.2, 0.25) is 5.91 Å². The lowest BCUT2D eigenvalue weighted by Crippen LogP contribution is -2.31. The summed E-state index contributed by atoms with van der Waals surface area (Å²) in [7, 11) is 1.63. The Balaban J connectivity index is 2.27. The maximum Gasteiger partial charge on any atom is 0.239 e. The monoisotopic (exact) mass is 254 g/mol. The quantitative estimate of drug-likeness (QED) is 0.728. The fourth-order valence-corrected chi connectivity index (χ4v) is 1.44. The second kappa shape index (κ2) is 7.66. The zero-order chi connectivity index (χ0) is 13.4. The molecule has 1 aromatic carbocycles. The minimum absolute atomic E-state index is 0.0897. The number of hydrogen-bond donors (Lipinski definition) is 2. The molecule has 0 bridgehead atoms. The number of anilines is 1. The second-order valence-corrected chi connectivity index (χ2v) is 4.01. The number of carbonyl (C=O) groups excluding carboxylic acids is 1. The standard InChI is InChI=1S/C13H19FN2O2/c1-10-8-11(4-5-12(10)14)16-9-13(17)15-6-3-7-18-2/h4-5,8,16H,3,6-7,9H2,1-2H3,(H,15,17). The molecule has 0 heterocycles. The van der Waals surface area contributed by atoms with Crippen LogP contribution in [0.15, 0.2) is 18.2 Å². The van der Waals surface area contributed by atoms with Crippen LogP contribution in [0.4, 0.5) is 10.1 Å². The first kappa shape index (κ1) is 14.4. The lowest BCUT2D eigenvalue weighted by Gasteiger charge is -2.08. The van der Waals surface area contributed by atoms with E-state index in [-0.39, 0.29) is 18.3 Å². The number of aryl methyl sites for hydroxylation is 1. The summed E-state index contributed by atoms with van der Waals surface area (Å²) in [5.41, 5.74) is 1.29. The van der Waals surface area contributed by atoms with E-state index < -0.39 is 0 Å². The molecule has 0 unspecified atom stereocenters. The Hall–Kier alpha value is -1.62. The molecule has 0 aromatic heterocycles. The Morgan fingerprint density at radius 3 is 2.89 bits per heavy atom. The predicted molar refractivity (Wildman–Crippen MR) is 69.1 cm³/mol. The first-order chi connectivity index (χ1) is 8.63. The minimum atomic E-state index is -0.246. The molecule has 1 aromatic rings. The van der Waals surface area contributed by atoms with Crippen molar-refractivity contribution in [2.75, 3.05) is 32.1 Å². The Labute approximate surface area is 107 Å². The van der Waals surface area contributed by atoms with Crippen LogP contribution in [-0.2, 0) is 9.53 Å². The van der Waals surface area contributed by atoms with Crippen LogP contribution < -0.4 is 10.6 Å². The molecule has 0 atom stereocenters. The first-order valence-electron chi connectivity index (χ1n) is 5.89. The number of ether oxygens (including phenoxy) is 1. The van der Waals surface area contributed by atoms with Gasteiger partial charge < -0.3 is 15.4 Å². The maximum absolute atomic E-state index is 13.0. The zero-order valence-electron chi connectivity index (χ0n) is 10.8. The smallest absolute Gasteiger partial charge is 0.239 e. The third-order valence-electron chi connectivity index (χ3n) is 2.46. The van der Waals surface area contributed by atoms with Crippen LogP contribution in [0.1, 0.15) is 12.0 Å². The molecular weight excluding hydrogens is 235 g/mol. The summed E-state index contributed by atoms with van der Waals surface area (Å²) in [5.74, 6) is -0.336. The van der Waals surface area contributed by atoms with Gasteiger partial charge in [-0.3, -0.25) is 4.79 Å². The summed E-state index contributed by atoms with van der Waals surface area (Å²) in [6.07, 6.45) is 0.790. The van der Waals surface area contributed by atoms with Gasteiger partial charge in [0, 0.05) is 25.9 Å². The molecule has 1 rings (SSSR count). The van der Waals surface area contributed by atoms with E-state index in [9.17, 15) is 9.18 Å². The molecule has 0 aliphatic rings. The molecule has 0 radical (unpaired) electrons. The highest BCUT2D eigenvalue weighted by Gasteiger charge is 2.02. The number of nitrogens with one attached hydrogen (secondary N) is 2. The summed E-state index contributed by atoms with van der Waals surface area (Å²) in [6, 6.07) is 4.67. The highest BCUT2D eigenvalue weighted by Crippen LogP contribution is 2.12. The Morgan fingerprint density at radius 2 is 2.22 bits per heavy atom. The Bertz CT molecular complexity index is 397. The average molecular weight is 254 g/mol. The van der Waals surface area contributed by atoms with Crippen molar-refractivity contribution in [2.24, 2.45) is 0 Å². The molecular formula is C13H19FN2O2. The topological polar surface area (TPSA) is 50.4 Å². The lowest BCUT2D eigenvalue weighted by atomic mass is 10.2. The average Bonchev–Trinajstić information content (AvgIpc) is 2.36. The highest BCUT2D eigenvalue weighted by atomic mass is 19.1. The number of hydrogen-bond acceptors (Lipinski definition) is 3. The summed E-state index contributed by atoms with van der Waals surface area (Å²) in [6.45, 7) is 3.09. The van der Waals surface area contributed by atoms with Gasteiger partial charge in [0.25, 0.3) is 0 Å². The Morgan fingerprint density at radius 1 is 1.44 bits per heavy atom. The van der Waals surface area contributed by atoms with E-state index in [1.54, 1.807) is 26.2 Å². The van der Waals surface area contributed by atoms with E-state index >= 15 is 0 Å². The van der Waals surface area contributed by atoms with Crippen molar-refractivity contribution < 1.29 is 13.9 Å². The number of methoxy groups -OCH3 is 1. The van der Waals surface area contributed by atoms with Crippen molar-refractivity contribution in [3.63, 3.8) is 0 Å². The molecule has 18 heavy (non-hydrogen) atoms. The largest absolute Gasteiger partial charge is 0.385 e. The van der Waals surface area contributed by atoms with Crippen LogP contribution in [0.5, 0.6) is 0 Å². The second-order valence-electron chi connectivity index (χ2n) is 4.01. The van der Waals surface area contributed by atoms with E-state index in [0.29, 0.717) is 18.7 Å². The summed E-state index contributed by atoms with van der Waals surface area (Å²) < 4.78 is 17.9. The van der Waals surface area contributed by atoms with Crippen LogP contribution in [0, 0.1) is 12.7 Å². The summed E-state index contributed by atoms with van der Waals surface area (Å²) >= 11 is 0. The van der Waals surface area contributed by atoms with Gasteiger partial charge in [0.15, 0.2) is 0 Å². The number of rotatable bonds is 7. The molecule has 0 fully saturated rings. The van der Waals surface area contributed by atoms with Crippen LogP contribution >= 0.6 is 0 Å². The third-order valence-corrected chi connectivity index (χ3v) is 2.46. The van der Waals surface area contributed by atoms with Crippen molar-refractivity contribution in [2.45, 2.75) is 13.3 Å². The fraction of sp³-hybridized carbons (Fsp3) is 0.462. The molecule has 0 aliphatic carbocycles. The van der Waals surface area contributed by atoms with Gasteiger partial charge in [-0.05, 0) is 37.1 Å². The molecule has 0 aliphatic heterocycles. The van der Waals surface area contributed by atoms with Gasteiger partial charge in [0.05, 0.1) is 6.54 Å². The molecule has 2 N–H and O–H groups in total. The van der Waals surface area contributed by atoms with Crippen molar-refractivity contribution in [3.05, 3.63) is 29.6 Å². The predicted octanol–water partition coefficient (Wildman–Crippen LogP) is 1.70. The number of benzene rings is 1. The first-order valence-corrected chi connectivity index (χ1v) is 5.89. The van der Waals surface area contributed by atoms with Gasteiger partial charge in [-0.25, -0.2) is 4.39 Å². The fourth-order valence-electron chi connectivity index (χ4n) is 1.44. The lowest BCUT2D eigenvalue weighted by molar-refractivity contribution is -0.119. The SMILES string of the molecule is COCCCNC(=O)CNc1ccc(F)c(C)c1. The van der Waals surface area contributed by atoms with Crippen LogP contribution in [0.2, 0.25) is 0 Å². The van der Waals surface area contributed by atoms with Gasteiger partial charge in [-0.1, -0.05) is 0 Å². The number of halogens is 1. The third kappa shape index (κ3) is 5.14. The van der Waals surface area contributed by atoms with Gasteiger partial charge in [0.1, 0.15) is 5.82 Å². The summed E-state index contributed by atoms with van der Waals surface area (Å²) in [5, 5.41) is 5.70. The highest BCUT2D eigenvalue weighted by molar-refractivity contribution is 5.80. The minimum Gasteiger partial charge on any atom is -0.385 e. The van der Waals surface area contributed by atoms with E-state index in [2.05, 4.69) is 10.6 Å². The maximum atomic E-state index is 13.0. The van der Waals surface area contributed by atoms with Crippen molar-refractivity contribution in [1.82, 2.24) is 5.32 Å². The molecule has 1 amide bonds. The van der Waals surface area contributed by atoms with E-state index in [1.807, 2.05) is 0 Å². The van der Waals surface area contributed by atoms with Crippen LogP contribution in [-0.4, -0.2) is 32.7 Å². The number of carbonyl (C=O) groups is 1. The molecule has 0 spiro atoms. The summed E-state index contributed by atoms with van der Waals surface area (Å²) in [4.78, 5) is 11.4. The normalized spacial score (nSPS) is 10.2. The van der Waals surface area contributed by atoms with Crippen molar-refractivity contribution in [3.8, 4) is 0 Å². The van der Waals surface area contributed by atoms with Gasteiger partial charge in [-0.15, -0.1) is 0 Å². The van der Waals surface area contributed by atoms with E-state index in [4.69, 9.17) is 4.74 Å². The molecule has 5 heteroatoms. The molecule has 100 valence electrons. The van der Waals surface area contributed by atoms with Gasteiger partial charge in [-0.2, -0.15) is 0 Å². The zero-order valence-corrected chi connectivity index (χ0v) is 10.8. The van der Waals surface area contributed by atoms with E-state index in [0.717, 1.165) is 12.1 Å².